The summed E-state index contributed by atoms with van der Waals surface area (Å²) in [6, 6.07) is 10.1. The average molecular weight is 230 g/mol. The molecule has 0 amide bonds. The van der Waals surface area contributed by atoms with Gasteiger partial charge in [0.15, 0.2) is 0 Å². The van der Waals surface area contributed by atoms with Crippen LogP contribution in [0.2, 0.25) is 0 Å². The summed E-state index contributed by atoms with van der Waals surface area (Å²) in [5.74, 6) is 0.821. The van der Waals surface area contributed by atoms with Crippen molar-refractivity contribution >= 4 is 0 Å². The van der Waals surface area contributed by atoms with E-state index in [9.17, 15) is 5.11 Å². The van der Waals surface area contributed by atoms with Crippen LogP contribution in [-0.4, -0.2) is 21.2 Å². The first-order valence-electron chi connectivity index (χ1n) is 5.82. The summed E-state index contributed by atoms with van der Waals surface area (Å²) in [5.41, 5.74) is 0.854. The molecule has 0 saturated carbocycles. The van der Waals surface area contributed by atoms with Gasteiger partial charge < -0.3 is 10.1 Å². The first-order chi connectivity index (χ1) is 8.10. The molecular formula is C14H18N2O. The Labute approximate surface area is 102 Å². The van der Waals surface area contributed by atoms with Gasteiger partial charge in [0.25, 0.3) is 0 Å². The normalized spacial score (nSPS) is 13.6. The zero-order valence-corrected chi connectivity index (χ0v) is 10.2. The Morgan fingerprint density at radius 2 is 2.00 bits per heavy atom. The van der Waals surface area contributed by atoms with Crippen molar-refractivity contribution in [1.29, 1.82) is 0 Å². The van der Waals surface area contributed by atoms with Gasteiger partial charge in [-0.05, 0) is 5.56 Å². The monoisotopic (exact) mass is 230 g/mol. The van der Waals surface area contributed by atoms with Crippen LogP contribution in [0.25, 0.3) is 0 Å². The number of aliphatic hydroxyl groups excluding tert-OH is 1. The lowest BCUT2D eigenvalue weighted by molar-refractivity contribution is 0.0982. The second-order valence-corrected chi connectivity index (χ2v) is 4.84. The highest BCUT2D eigenvalue weighted by Gasteiger charge is 2.30. The van der Waals surface area contributed by atoms with Crippen LogP contribution >= 0.6 is 0 Å². The number of nitrogens with zero attached hydrogens (tertiary/aromatic N) is 1. The molecule has 1 atom stereocenters. The van der Waals surface area contributed by atoms with Crippen molar-refractivity contribution in [3.8, 4) is 0 Å². The Morgan fingerprint density at radius 1 is 1.29 bits per heavy atom. The summed E-state index contributed by atoms with van der Waals surface area (Å²) in [7, 11) is 0. The van der Waals surface area contributed by atoms with Crippen molar-refractivity contribution in [1.82, 2.24) is 9.97 Å². The smallest absolute Gasteiger partial charge is 0.108 e. The second kappa shape index (κ2) is 4.72. The standard InChI is InChI=1S/C14H18N2O/c1-14(2,11-6-4-3-5-7-11)12(17)10-13-15-8-9-16-13/h3-9,12,17H,10H2,1-2H3,(H,15,16). The van der Waals surface area contributed by atoms with Crippen LogP contribution in [0.1, 0.15) is 25.2 Å². The number of aromatic amines is 1. The highest BCUT2D eigenvalue weighted by atomic mass is 16.3. The maximum absolute atomic E-state index is 10.3. The molecule has 90 valence electrons. The number of hydrogen-bond acceptors (Lipinski definition) is 2. The molecule has 0 fully saturated rings. The molecule has 2 aromatic rings. The lowest BCUT2D eigenvalue weighted by Crippen LogP contribution is -2.35. The Kier molecular flexibility index (Phi) is 3.29. The van der Waals surface area contributed by atoms with E-state index in [2.05, 4.69) is 23.8 Å². The highest BCUT2D eigenvalue weighted by Crippen LogP contribution is 2.28. The second-order valence-electron chi connectivity index (χ2n) is 4.84. The van der Waals surface area contributed by atoms with Gasteiger partial charge in [-0.2, -0.15) is 0 Å². The fourth-order valence-electron chi connectivity index (χ4n) is 1.91. The molecule has 1 unspecified atom stereocenters. The summed E-state index contributed by atoms with van der Waals surface area (Å²) in [4.78, 5) is 7.17. The Hall–Kier alpha value is -1.61. The Balaban J connectivity index is 2.15. The molecule has 0 radical (unpaired) electrons. The van der Waals surface area contributed by atoms with Crippen molar-refractivity contribution in [3.63, 3.8) is 0 Å². The summed E-state index contributed by atoms with van der Waals surface area (Å²) in [6.07, 6.45) is 3.56. The number of hydrogen-bond donors (Lipinski definition) is 2. The third kappa shape index (κ3) is 2.56. The van der Waals surface area contributed by atoms with Crippen LogP contribution in [0.3, 0.4) is 0 Å². The van der Waals surface area contributed by atoms with E-state index in [0.29, 0.717) is 6.42 Å². The van der Waals surface area contributed by atoms with Crippen LogP contribution in [0.15, 0.2) is 42.7 Å². The molecule has 0 spiro atoms. The highest BCUT2D eigenvalue weighted by molar-refractivity contribution is 5.25. The summed E-state index contributed by atoms with van der Waals surface area (Å²) in [5, 5.41) is 10.3. The van der Waals surface area contributed by atoms with Crippen molar-refractivity contribution in [2.45, 2.75) is 31.8 Å². The quantitative estimate of drug-likeness (QED) is 0.846. The molecule has 0 aliphatic heterocycles. The van der Waals surface area contributed by atoms with Crippen LogP contribution in [0, 0.1) is 0 Å². The third-order valence-electron chi connectivity index (χ3n) is 3.29. The van der Waals surface area contributed by atoms with E-state index in [-0.39, 0.29) is 5.41 Å². The van der Waals surface area contributed by atoms with Crippen LogP contribution in [0.4, 0.5) is 0 Å². The maximum Gasteiger partial charge on any atom is 0.108 e. The summed E-state index contributed by atoms with van der Waals surface area (Å²) < 4.78 is 0. The fraction of sp³-hybridized carbons (Fsp3) is 0.357. The number of aromatic nitrogens is 2. The fourth-order valence-corrected chi connectivity index (χ4v) is 1.91. The lowest BCUT2D eigenvalue weighted by Gasteiger charge is -2.30. The predicted molar refractivity (Wildman–Crippen MR) is 67.8 cm³/mol. The third-order valence-corrected chi connectivity index (χ3v) is 3.29. The van der Waals surface area contributed by atoms with Gasteiger partial charge in [-0.1, -0.05) is 44.2 Å². The molecule has 0 aliphatic carbocycles. The zero-order valence-electron chi connectivity index (χ0n) is 10.2. The molecule has 0 bridgehead atoms. The molecule has 0 aliphatic rings. The van der Waals surface area contributed by atoms with Gasteiger partial charge in [0.05, 0.1) is 6.10 Å². The van der Waals surface area contributed by atoms with Crippen molar-refractivity contribution in [2.24, 2.45) is 0 Å². The average Bonchev–Trinajstić information content (AvgIpc) is 2.83. The molecule has 2 rings (SSSR count). The molecule has 1 heterocycles. The Morgan fingerprint density at radius 3 is 2.59 bits per heavy atom. The molecule has 2 N–H and O–H groups in total. The van der Waals surface area contributed by atoms with E-state index < -0.39 is 6.10 Å². The maximum atomic E-state index is 10.3. The summed E-state index contributed by atoms with van der Waals surface area (Å²) >= 11 is 0. The minimum atomic E-state index is -0.462. The van der Waals surface area contributed by atoms with E-state index in [1.807, 2.05) is 30.3 Å². The van der Waals surface area contributed by atoms with E-state index in [0.717, 1.165) is 11.4 Å². The van der Waals surface area contributed by atoms with Crippen LogP contribution in [-0.2, 0) is 11.8 Å². The van der Waals surface area contributed by atoms with E-state index in [4.69, 9.17) is 0 Å². The topological polar surface area (TPSA) is 48.9 Å². The number of aliphatic hydroxyl groups is 1. The lowest BCUT2D eigenvalue weighted by atomic mass is 9.78. The van der Waals surface area contributed by atoms with Gasteiger partial charge in [0.1, 0.15) is 5.82 Å². The first-order valence-corrected chi connectivity index (χ1v) is 5.82. The van der Waals surface area contributed by atoms with Crippen LogP contribution < -0.4 is 0 Å². The molecule has 17 heavy (non-hydrogen) atoms. The number of imidazole rings is 1. The van der Waals surface area contributed by atoms with Gasteiger partial charge in [0, 0.05) is 24.2 Å². The van der Waals surface area contributed by atoms with E-state index >= 15 is 0 Å². The first kappa shape index (κ1) is 11.9. The number of benzene rings is 1. The SMILES string of the molecule is CC(C)(c1ccccc1)C(O)Cc1ncc[nH]1. The van der Waals surface area contributed by atoms with Gasteiger partial charge in [0.2, 0.25) is 0 Å². The van der Waals surface area contributed by atoms with Gasteiger partial charge in [-0.15, -0.1) is 0 Å². The van der Waals surface area contributed by atoms with Gasteiger partial charge in [-0.25, -0.2) is 4.98 Å². The molecule has 1 aromatic heterocycles. The van der Waals surface area contributed by atoms with Crippen molar-refractivity contribution in [2.75, 3.05) is 0 Å². The van der Waals surface area contributed by atoms with E-state index in [1.165, 1.54) is 0 Å². The minimum Gasteiger partial charge on any atom is -0.392 e. The van der Waals surface area contributed by atoms with Gasteiger partial charge in [-0.3, -0.25) is 0 Å². The summed E-state index contributed by atoms with van der Waals surface area (Å²) in [6.45, 7) is 4.10. The molecular weight excluding hydrogens is 212 g/mol. The van der Waals surface area contributed by atoms with Crippen molar-refractivity contribution in [3.05, 3.63) is 54.1 Å². The van der Waals surface area contributed by atoms with Gasteiger partial charge >= 0.3 is 0 Å². The van der Waals surface area contributed by atoms with E-state index in [1.54, 1.807) is 12.4 Å². The van der Waals surface area contributed by atoms with Crippen molar-refractivity contribution < 1.29 is 5.11 Å². The number of H-pyrrole nitrogens is 1. The molecule has 3 heteroatoms. The number of nitrogens with one attached hydrogen (secondary N) is 1. The molecule has 0 saturated heterocycles. The minimum absolute atomic E-state index is 0.284. The molecule has 1 aromatic carbocycles. The Bertz CT molecular complexity index is 448. The molecule has 3 nitrogen and oxygen atoms in total. The zero-order chi connectivity index (χ0) is 12.3. The largest absolute Gasteiger partial charge is 0.392 e. The van der Waals surface area contributed by atoms with Crippen LogP contribution in [0.5, 0.6) is 0 Å². The number of rotatable bonds is 4. The predicted octanol–water partition coefficient (Wildman–Crippen LogP) is 2.29.